The third kappa shape index (κ3) is 3.45. The number of carbonyl (C=O) groups excluding carboxylic acids is 2. The smallest absolute Gasteiger partial charge is 0.274 e. The number of aromatic nitrogens is 2. The van der Waals surface area contributed by atoms with Gasteiger partial charge in [-0.2, -0.15) is 0 Å². The van der Waals surface area contributed by atoms with Crippen LogP contribution in [-0.4, -0.2) is 58.3 Å². The van der Waals surface area contributed by atoms with Crippen molar-refractivity contribution in [2.24, 2.45) is 0 Å². The van der Waals surface area contributed by atoms with Gasteiger partial charge in [0.2, 0.25) is 5.91 Å². The number of hydrogen-bond acceptors (Lipinski definition) is 5. The second-order valence-corrected chi connectivity index (χ2v) is 5.81. The van der Waals surface area contributed by atoms with Crippen LogP contribution in [0.4, 0.5) is 0 Å². The second-order valence-electron chi connectivity index (χ2n) is 5.81. The number of rotatable bonds is 3. The number of amides is 2. The first kappa shape index (κ1) is 16.9. The average Bonchev–Trinajstić information content (AvgIpc) is 2.67. The molecular weight excluding hydrogens is 320 g/mol. The summed E-state index contributed by atoms with van der Waals surface area (Å²) in [6, 6.07) is 7.25. The molecule has 7 heteroatoms. The Labute approximate surface area is 146 Å². The lowest BCUT2D eigenvalue weighted by Crippen LogP contribution is -2.52. The fourth-order valence-electron chi connectivity index (χ4n) is 3.08. The van der Waals surface area contributed by atoms with E-state index in [1.54, 1.807) is 23.8 Å². The molecule has 1 atom stereocenters. The van der Waals surface area contributed by atoms with Crippen molar-refractivity contribution >= 4 is 11.8 Å². The molecule has 0 saturated carbocycles. The molecule has 1 saturated heterocycles. The first-order valence-corrected chi connectivity index (χ1v) is 8.07. The van der Waals surface area contributed by atoms with E-state index in [0.29, 0.717) is 31.1 Å². The van der Waals surface area contributed by atoms with Crippen LogP contribution in [0.25, 0.3) is 0 Å². The summed E-state index contributed by atoms with van der Waals surface area (Å²) in [7, 11) is 1.60. The van der Waals surface area contributed by atoms with Crippen molar-refractivity contribution in [2.45, 2.75) is 13.0 Å². The molecule has 25 heavy (non-hydrogen) atoms. The molecule has 2 heterocycles. The molecule has 0 aliphatic carbocycles. The van der Waals surface area contributed by atoms with E-state index in [1.165, 1.54) is 18.6 Å². The molecule has 3 rings (SSSR count). The van der Waals surface area contributed by atoms with Crippen LogP contribution < -0.4 is 4.74 Å². The lowest BCUT2D eigenvalue weighted by Gasteiger charge is -2.41. The maximum atomic E-state index is 12.9. The van der Waals surface area contributed by atoms with Gasteiger partial charge in [-0.15, -0.1) is 0 Å². The zero-order valence-electron chi connectivity index (χ0n) is 14.3. The van der Waals surface area contributed by atoms with Crippen LogP contribution >= 0.6 is 0 Å². The van der Waals surface area contributed by atoms with E-state index < -0.39 is 0 Å². The number of carbonyl (C=O) groups is 2. The number of methoxy groups -OCH3 is 1. The predicted molar refractivity (Wildman–Crippen MR) is 91.1 cm³/mol. The normalized spacial score (nSPS) is 17.3. The Balaban J connectivity index is 1.98. The van der Waals surface area contributed by atoms with Gasteiger partial charge in [-0.25, -0.2) is 4.98 Å². The molecule has 1 aliphatic rings. The molecule has 7 nitrogen and oxygen atoms in total. The lowest BCUT2D eigenvalue weighted by atomic mass is 10.0. The molecule has 130 valence electrons. The first-order valence-electron chi connectivity index (χ1n) is 8.07. The second kappa shape index (κ2) is 7.29. The lowest BCUT2D eigenvalue weighted by molar-refractivity contribution is -0.131. The van der Waals surface area contributed by atoms with Crippen molar-refractivity contribution in [1.82, 2.24) is 19.8 Å². The van der Waals surface area contributed by atoms with Gasteiger partial charge in [0.05, 0.1) is 19.3 Å². The molecule has 0 radical (unpaired) electrons. The van der Waals surface area contributed by atoms with Gasteiger partial charge in [-0.3, -0.25) is 14.6 Å². The summed E-state index contributed by atoms with van der Waals surface area (Å²) in [5, 5.41) is 0. The Kier molecular flexibility index (Phi) is 4.92. The molecule has 0 N–H and O–H groups in total. The summed E-state index contributed by atoms with van der Waals surface area (Å²) in [6.07, 6.45) is 4.48. The van der Waals surface area contributed by atoms with E-state index in [-0.39, 0.29) is 17.9 Å². The zero-order chi connectivity index (χ0) is 17.8. The summed E-state index contributed by atoms with van der Waals surface area (Å²) in [5.74, 6) is 0.480. The largest absolute Gasteiger partial charge is 0.496 e. The Morgan fingerprint density at radius 2 is 2.00 bits per heavy atom. The first-order chi connectivity index (χ1) is 12.1. The minimum absolute atomic E-state index is 0.00787. The van der Waals surface area contributed by atoms with Crippen LogP contribution in [0.15, 0.2) is 42.9 Å². The van der Waals surface area contributed by atoms with Gasteiger partial charge < -0.3 is 14.5 Å². The summed E-state index contributed by atoms with van der Waals surface area (Å²) in [5.41, 5.74) is 1.16. The number of nitrogens with zero attached hydrogens (tertiary/aromatic N) is 4. The number of ether oxygens (including phenoxy) is 1. The van der Waals surface area contributed by atoms with Crippen molar-refractivity contribution in [3.05, 3.63) is 54.1 Å². The van der Waals surface area contributed by atoms with Crippen LogP contribution in [0, 0.1) is 0 Å². The van der Waals surface area contributed by atoms with E-state index in [4.69, 9.17) is 4.74 Å². The van der Waals surface area contributed by atoms with E-state index in [1.807, 2.05) is 24.3 Å². The fraction of sp³-hybridized carbons (Fsp3) is 0.333. The van der Waals surface area contributed by atoms with Gasteiger partial charge >= 0.3 is 0 Å². The molecular formula is C18H20N4O3. The average molecular weight is 340 g/mol. The molecule has 2 aromatic rings. The van der Waals surface area contributed by atoms with Gasteiger partial charge in [0.1, 0.15) is 11.4 Å². The molecule has 2 amide bonds. The van der Waals surface area contributed by atoms with Gasteiger partial charge in [0.15, 0.2) is 0 Å². The SMILES string of the molecule is COc1ccccc1[C@@H]1CN(C(C)=O)CCN1C(=O)c1cnccn1. The highest BCUT2D eigenvalue weighted by Gasteiger charge is 2.35. The van der Waals surface area contributed by atoms with Gasteiger partial charge in [-0.1, -0.05) is 18.2 Å². The van der Waals surface area contributed by atoms with Gasteiger partial charge in [-0.05, 0) is 6.07 Å². The quantitative estimate of drug-likeness (QED) is 0.847. The highest BCUT2D eigenvalue weighted by molar-refractivity contribution is 5.92. The Bertz CT molecular complexity index is 766. The Hall–Kier alpha value is -2.96. The van der Waals surface area contributed by atoms with Gasteiger partial charge in [0, 0.05) is 44.5 Å². The Morgan fingerprint density at radius 1 is 1.20 bits per heavy atom. The molecule has 1 aliphatic heterocycles. The molecule has 1 fully saturated rings. The summed E-state index contributed by atoms with van der Waals surface area (Å²) < 4.78 is 5.46. The van der Waals surface area contributed by atoms with E-state index in [9.17, 15) is 9.59 Å². The van der Waals surface area contributed by atoms with Gasteiger partial charge in [0.25, 0.3) is 5.91 Å². The highest BCUT2D eigenvalue weighted by Crippen LogP contribution is 2.32. The summed E-state index contributed by atoms with van der Waals surface area (Å²) >= 11 is 0. The van der Waals surface area contributed by atoms with Crippen LogP contribution in [0.1, 0.15) is 29.0 Å². The maximum absolute atomic E-state index is 12.9. The fourth-order valence-corrected chi connectivity index (χ4v) is 3.08. The van der Waals surface area contributed by atoms with E-state index in [2.05, 4.69) is 9.97 Å². The molecule has 1 aromatic carbocycles. The zero-order valence-corrected chi connectivity index (χ0v) is 14.3. The van der Waals surface area contributed by atoms with Crippen molar-refractivity contribution in [2.75, 3.05) is 26.7 Å². The number of para-hydroxylation sites is 1. The van der Waals surface area contributed by atoms with Crippen LogP contribution in [0.5, 0.6) is 5.75 Å². The summed E-state index contributed by atoms with van der Waals surface area (Å²) in [6.45, 7) is 2.88. The molecule has 0 spiro atoms. The standard InChI is InChI=1S/C18H20N4O3/c1-13(23)21-9-10-22(18(24)15-11-19-7-8-20-15)16(12-21)14-5-3-4-6-17(14)25-2/h3-8,11,16H,9-10,12H2,1-2H3/t16-/m0/s1. The highest BCUT2D eigenvalue weighted by atomic mass is 16.5. The van der Waals surface area contributed by atoms with Crippen LogP contribution in [0.2, 0.25) is 0 Å². The molecule has 1 aromatic heterocycles. The minimum Gasteiger partial charge on any atom is -0.496 e. The van der Waals surface area contributed by atoms with Crippen LogP contribution in [0.3, 0.4) is 0 Å². The number of benzene rings is 1. The molecule has 0 bridgehead atoms. The molecule has 0 unspecified atom stereocenters. The monoisotopic (exact) mass is 340 g/mol. The van der Waals surface area contributed by atoms with Crippen molar-refractivity contribution in [3.63, 3.8) is 0 Å². The number of piperazine rings is 1. The van der Waals surface area contributed by atoms with Crippen molar-refractivity contribution < 1.29 is 14.3 Å². The minimum atomic E-state index is -0.302. The Morgan fingerprint density at radius 3 is 2.68 bits per heavy atom. The summed E-state index contributed by atoms with van der Waals surface area (Å²) in [4.78, 5) is 36.4. The third-order valence-corrected chi connectivity index (χ3v) is 4.37. The number of hydrogen-bond donors (Lipinski definition) is 0. The van der Waals surface area contributed by atoms with Crippen molar-refractivity contribution in [1.29, 1.82) is 0 Å². The third-order valence-electron chi connectivity index (χ3n) is 4.37. The van der Waals surface area contributed by atoms with E-state index in [0.717, 1.165) is 5.56 Å². The maximum Gasteiger partial charge on any atom is 0.274 e. The van der Waals surface area contributed by atoms with Crippen LogP contribution in [-0.2, 0) is 4.79 Å². The van der Waals surface area contributed by atoms with E-state index >= 15 is 0 Å². The van der Waals surface area contributed by atoms with Crippen molar-refractivity contribution in [3.8, 4) is 5.75 Å². The topological polar surface area (TPSA) is 75.6 Å². The predicted octanol–water partition coefficient (Wildman–Crippen LogP) is 1.53.